The first-order chi connectivity index (χ1) is 9.01. The molecular weight excluding hydrogens is 254 g/mol. The zero-order valence-electron chi connectivity index (χ0n) is 13.5. The van der Waals surface area contributed by atoms with E-state index in [2.05, 4.69) is 39.9 Å². The number of carbonyl (C=O) groups is 2. The van der Waals surface area contributed by atoms with Gasteiger partial charge < -0.3 is 10.4 Å². The number of nitrogens with one attached hydrogen (secondary N) is 1. The Morgan fingerprint density at radius 2 is 1.95 bits per heavy atom. The van der Waals surface area contributed by atoms with Gasteiger partial charge in [0.15, 0.2) is 0 Å². The lowest BCUT2D eigenvalue weighted by Crippen LogP contribution is -2.44. The van der Waals surface area contributed by atoms with Crippen molar-refractivity contribution >= 4 is 11.9 Å². The maximum Gasteiger partial charge on any atom is 0.305 e. The standard InChI is InChI=1S/C16H29NO3/c1-15(2,3)10-11(9-13(18)19)17-14(20)12-7-6-8-16(12,4)5/h11-12H,6-10H2,1-5H3,(H,17,20)(H,18,19). The van der Waals surface area contributed by atoms with E-state index in [1.807, 2.05) is 0 Å². The Balaban J connectivity index is 2.69. The molecule has 4 nitrogen and oxygen atoms in total. The Morgan fingerprint density at radius 1 is 1.35 bits per heavy atom. The molecule has 0 aromatic heterocycles. The molecule has 1 rings (SSSR count). The molecule has 0 spiro atoms. The normalized spacial score (nSPS) is 23.4. The van der Waals surface area contributed by atoms with Crippen LogP contribution >= 0.6 is 0 Å². The summed E-state index contributed by atoms with van der Waals surface area (Å²) < 4.78 is 0. The van der Waals surface area contributed by atoms with Gasteiger partial charge in [-0.15, -0.1) is 0 Å². The second-order valence-electron chi connectivity index (χ2n) is 8.00. The zero-order valence-corrected chi connectivity index (χ0v) is 13.5. The van der Waals surface area contributed by atoms with Gasteiger partial charge in [0.05, 0.1) is 6.42 Å². The van der Waals surface area contributed by atoms with E-state index in [0.29, 0.717) is 6.42 Å². The van der Waals surface area contributed by atoms with E-state index >= 15 is 0 Å². The van der Waals surface area contributed by atoms with Crippen molar-refractivity contribution in [2.75, 3.05) is 0 Å². The molecule has 0 aromatic carbocycles. The van der Waals surface area contributed by atoms with Gasteiger partial charge in [-0.3, -0.25) is 9.59 Å². The van der Waals surface area contributed by atoms with Crippen LogP contribution in [-0.2, 0) is 9.59 Å². The van der Waals surface area contributed by atoms with Crippen molar-refractivity contribution in [3.8, 4) is 0 Å². The Labute approximate surface area is 122 Å². The van der Waals surface area contributed by atoms with Gasteiger partial charge in [-0.1, -0.05) is 41.0 Å². The molecule has 1 aliphatic carbocycles. The summed E-state index contributed by atoms with van der Waals surface area (Å²) in [5, 5.41) is 12.0. The van der Waals surface area contributed by atoms with Crippen LogP contribution < -0.4 is 5.32 Å². The van der Waals surface area contributed by atoms with Gasteiger partial charge >= 0.3 is 5.97 Å². The largest absolute Gasteiger partial charge is 0.481 e. The van der Waals surface area contributed by atoms with Crippen LogP contribution in [0.5, 0.6) is 0 Å². The van der Waals surface area contributed by atoms with Gasteiger partial charge in [0, 0.05) is 12.0 Å². The maximum atomic E-state index is 12.4. The van der Waals surface area contributed by atoms with Crippen molar-refractivity contribution in [3.05, 3.63) is 0 Å². The third-order valence-corrected chi connectivity index (χ3v) is 4.20. The molecule has 2 unspecified atom stereocenters. The molecule has 1 aliphatic rings. The molecule has 0 aliphatic heterocycles. The molecule has 20 heavy (non-hydrogen) atoms. The van der Waals surface area contributed by atoms with Crippen molar-refractivity contribution in [3.63, 3.8) is 0 Å². The van der Waals surface area contributed by atoms with E-state index < -0.39 is 5.97 Å². The van der Waals surface area contributed by atoms with Gasteiger partial charge in [0.1, 0.15) is 0 Å². The van der Waals surface area contributed by atoms with Gasteiger partial charge in [-0.25, -0.2) is 0 Å². The predicted octanol–water partition coefficient (Wildman–Crippen LogP) is 3.21. The van der Waals surface area contributed by atoms with Gasteiger partial charge in [0.2, 0.25) is 5.91 Å². The van der Waals surface area contributed by atoms with E-state index in [0.717, 1.165) is 19.3 Å². The van der Waals surface area contributed by atoms with E-state index in [-0.39, 0.29) is 35.1 Å². The van der Waals surface area contributed by atoms with Crippen LogP contribution in [0.2, 0.25) is 0 Å². The first-order valence-electron chi connectivity index (χ1n) is 7.53. The minimum Gasteiger partial charge on any atom is -0.481 e. The topological polar surface area (TPSA) is 66.4 Å². The molecule has 0 heterocycles. The molecule has 4 heteroatoms. The summed E-state index contributed by atoms with van der Waals surface area (Å²) in [6.07, 6.45) is 3.73. The molecule has 1 amide bonds. The predicted molar refractivity (Wildman–Crippen MR) is 79.4 cm³/mol. The van der Waals surface area contributed by atoms with Crippen molar-refractivity contribution in [2.24, 2.45) is 16.7 Å². The van der Waals surface area contributed by atoms with E-state index in [4.69, 9.17) is 5.11 Å². The number of carbonyl (C=O) groups excluding carboxylic acids is 1. The lowest BCUT2D eigenvalue weighted by Gasteiger charge is -2.30. The lowest BCUT2D eigenvalue weighted by atomic mass is 9.80. The van der Waals surface area contributed by atoms with Gasteiger partial charge in [-0.05, 0) is 30.1 Å². The monoisotopic (exact) mass is 283 g/mol. The van der Waals surface area contributed by atoms with Crippen LogP contribution in [0.25, 0.3) is 0 Å². The first kappa shape index (κ1) is 17.0. The van der Waals surface area contributed by atoms with Crippen LogP contribution in [0.3, 0.4) is 0 Å². The number of carboxylic acid groups (broad SMARTS) is 1. The fraction of sp³-hybridized carbons (Fsp3) is 0.875. The van der Waals surface area contributed by atoms with Crippen LogP contribution in [0.4, 0.5) is 0 Å². The van der Waals surface area contributed by atoms with Gasteiger partial charge in [-0.2, -0.15) is 0 Å². The lowest BCUT2D eigenvalue weighted by molar-refractivity contribution is -0.138. The number of rotatable bonds is 5. The van der Waals surface area contributed by atoms with Gasteiger partial charge in [0.25, 0.3) is 0 Å². The Hall–Kier alpha value is -1.06. The number of hydrogen-bond acceptors (Lipinski definition) is 2. The van der Waals surface area contributed by atoms with Crippen molar-refractivity contribution < 1.29 is 14.7 Å². The average Bonchev–Trinajstić information content (AvgIpc) is 2.53. The third kappa shape index (κ3) is 5.14. The Bertz CT molecular complexity index is 368. The van der Waals surface area contributed by atoms with Crippen molar-refractivity contribution in [1.29, 1.82) is 0 Å². The fourth-order valence-electron chi connectivity index (χ4n) is 3.24. The van der Waals surface area contributed by atoms with Crippen molar-refractivity contribution in [2.45, 2.75) is 72.8 Å². The van der Waals surface area contributed by atoms with E-state index in [1.54, 1.807) is 0 Å². The number of carboxylic acids is 1. The van der Waals surface area contributed by atoms with Crippen LogP contribution in [0.1, 0.15) is 66.7 Å². The molecular formula is C16H29NO3. The first-order valence-corrected chi connectivity index (χ1v) is 7.53. The molecule has 0 bridgehead atoms. The summed E-state index contributed by atoms with van der Waals surface area (Å²) in [5.74, 6) is -0.813. The molecule has 0 saturated heterocycles. The van der Waals surface area contributed by atoms with E-state index in [9.17, 15) is 9.59 Å². The molecule has 1 fully saturated rings. The second-order valence-corrected chi connectivity index (χ2v) is 8.00. The van der Waals surface area contributed by atoms with Crippen LogP contribution in [0.15, 0.2) is 0 Å². The molecule has 0 radical (unpaired) electrons. The number of hydrogen-bond donors (Lipinski definition) is 2. The highest BCUT2D eigenvalue weighted by molar-refractivity contribution is 5.80. The molecule has 2 atom stereocenters. The maximum absolute atomic E-state index is 12.4. The second kappa shape index (κ2) is 6.15. The number of amides is 1. The summed E-state index contributed by atoms with van der Waals surface area (Å²) in [4.78, 5) is 23.4. The molecule has 2 N–H and O–H groups in total. The summed E-state index contributed by atoms with van der Waals surface area (Å²) in [5.41, 5.74) is 0.0260. The highest BCUT2D eigenvalue weighted by Crippen LogP contribution is 2.42. The Kier molecular flexibility index (Phi) is 5.22. The summed E-state index contributed by atoms with van der Waals surface area (Å²) in [6.45, 7) is 10.4. The minimum atomic E-state index is -0.856. The summed E-state index contributed by atoms with van der Waals surface area (Å²) >= 11 is 0. The molecule has 1 saturated carbocycles. The SMILES string of the molecule is CC(C)(C)CC(CC(=O)O)NC(=O)C1CCCC1(C)C. The summed E-state index contributed by atoms with van der Waals surface area (Å²) in [7, 11) is 0. The molecule has 0 aromatic rings. The summed E-state index contributed by atoms with van der Waals surface area (Å²) in [6, 6.07) is -0.281. The van der Waals surface area contributed by atoms with Crippen LogP contribution in [-0.4, -0.2) is 23.0 Å². The third-order valence-electron chi connectivity index (χ3n) is 4.20. The highest BCUT2D eigenvalue weighted by Gasteiger charge is 2.40. The smallest absolute Gasteiger partial charge is 0.305 e. The van der Waals surface area contributed by atoms with Crippen LogP contribution in [0, 0.1) is 16.7 Å². The highest BCUT2D eigenvalue weighted by atomic mass is 16.4. The Morgan fingerprint density at radius 3 is 2.35 bits per heavy atom. The van der Waals surface area contributed by atoms with Crippen molar-refractivity contribution in [1.82, 2.24) is 5.32 Å². The number of aliphatic carboxylic acids is 1. The average molecular weight is 283 g/mol. The van der Waals surface area contributed by atoms with E-state index in [1.165, 1.54) is 0 Å². The zero-order chi connectivity index (χ0) is 15.6. The molecule has 116 valence electrons. The fourth-order valence-corrected chi connectivity index (χ4v) is 3.24. The quantitative estimate of drug-likeness (QED) is 0.814. The minimum absolute atomic E-state index is 0.00140.